The molecule has 1 atom stereocenters. The molecule has 44 heavy (non-hydrogen) atoms. The highest BCUT2D eigenvalue weighted by molar-refractivity contribution is 6.03. The van der Waals surface area contributed by atoms with E-state index in [4.69, 9.17) is 9.47 Å². The Morgan fingerprint density at radius 2 is 1.70 bits per heavy atom. The van der Waals surface area contributed by atoms with E-state index in [-0.39, 0.29) is 23.7 Å². The molecular weight excluding hydrogens is 607 g/mol. The van der Waals surface area contributed by atoms with E-state index < -0.39 is 90.7 Å². The van der Waals surface area contributed by atoms with Gasteiger partial charge in [0.2, 0.25) is 0 Å². The molecule has 0 saturated carbocycles. The van der Waals surface area contributed by atoms with Crippen molar-refractivity contribution in [1.82, 2.24) is 5.32 Å². The van der Waals surface area contributed by atoms with Crippen molar-refractivity contribution in [3.05, 3.63) is 53.3 Å². The number of hydrogen-bond acceptors (Lipinski definition) is 6. The van der Waals surface area contributed by atoms with Gasteiger partial charge in [0.1, 0.15) is 30.2 Å². The van der Waals surface area contributed by atoms with Gasteiger partial charge >= 0.3 is 30.3 Å². The predicted octanol–water partition coefficient (Wildman–Crippen LogP) is 5.59. The molecule has 0 unspecified atom stereocenters. The van der Waals surface area contributed by atoms with Crippen molar-refractivity contribution in [3.63, 3.8) is 0 Å². The maximum atomic E-state index is 16.3. The molecule has 0 aliphatic carbocycles. The van der Waals surface area contributed by atoms with Crippen molar-refractivity contribution in [2.24, 2.45) is 0 Å². The predicted molar refractivity (Wildman–Crippen MR) is 143 cm³/mol. The molecule has 16 heteroatoms. The number of anilines is 2. The highest BCUT2D eigenvalue weighted by Crippen LogP contribution is 2.45. The average molecular weight is 638 g/mol. The van der Waals surface area contributed by atoms with Crippen LogP contribution in [0.25, 0.3) is 0 Å². The van der Waals surface area contributed by atoms with Crippen molar-refractivity contribution in [2.45, 2.75) is 64.2 Å². The van der Waals surface area contributed by atoms with Gasteiger partial charge in [0.15, 0.2) is 5.82 Å². The molecule has 3 rings (SSSR count). The number of hydrogen-bond donors (Lipinski definition) is 2. The fraction of sp³-hybridized carbons (Fsp3) is 0.464. The summed E-state index contributed by atoms with van der Waals surface area (Å²) in [4.78, 5) is 37.9. The lowest BCUT2D eigenvalue weighted by molar-refractivity contribution is -0.171. The van der Waals surface area contributed by atoms with Gasteiger partial charge in [-0.2, -0.15) is 26.3 Å². The standard InChI is InChI=1S/C28H30F7N3O6/c1-26(2,3)44-21(39)14-37(24(40)28(33,34)35)23-20(43-15-16-7-5-4-6-8-16)12-19-18(22(23)29)11-17(38(19)25(41)42)13-36-10-9-27(30,31)32/h4-8,12,17,36H,9-11,13-15H2,1-3H3,(H,41,42)/t17-/m1/s1. The summed E-state index contributed by atoms with van der Waals surface area (Å²) in [5, 5.41) is 12.3. The third-order valence-corrected chi connectivity index (χ3v) is 6.22. The number of benzene rings is 2. The summed E-state index contributed by atoms with van der Waals surface area (Å²) in [6.07, 6.45) is -13.4. The normalized spacial score (nSPS) is 15.1. The Labute approximate surface area is 247 Å². The van der Waals surface area contributed by atoms with Crippen LogP contribution < -0.4 is 19.9 Å². The zero-order valence-electron chi connectivity index (χ0n) is 23.8. The van der Waals surface area contributed by atoms with E-state index in [1.807, 2.05) is 0 Å². The molecular formula is C28H30F7N3O6. The van der Waals surface area contributed by atoms with E-state index in [1.54, 1.807) is 30.3 Å². The number of carbonyl (C=O) groups is 3. The lowest BCUT2D eigenvalue weighted by atomic mass is 10.1. The number of nitrogens with one attached hydrogen (secondary N) is 1. The lowest BCUT2D eigenvalue weighted by Gasteiger charge is -2.28. The molecule has 1 heterocycles. The van der Waals surface area contributed by atoms with Gasteiger partial charge in [0, 0.05) is 24.7 Å². The minimum absolute atomic E-state index is 0.177. The number of amides is 2. The van der Waals surface area contributed by atoms with Crippen LogP contribution in [-0.4, -0.2) is 66.7 Å². The van der Waals surface area contributed by atoms with Crippen LogP contribution in [0.15, 0.2) is 36.4 Å². The zero-order valence-corrected chi connectivity index (χ0v) is 23.8. The molecule has 0 fully saturated rings. The summed E-state index contributed by atoms with van der Waals surface area (Å²) in [5.41, 5.74) is -2.57. The van der Waals surface area contributed by atoms with Crippen molar-refractivity contribution >= 4 is 29.3 Å². The van der Waals surface area contributed by atoms with E-state index in [9.17, 15) is 45.8 Å². The number of carboxylic acid groups (broad SMARTS) is 1. The second kappa shape index (κ2) is 13.3. The van der Waals surface area contributed by atoms with Gasteiger partial charge in [0.05, 0.1) is 18.2 Å². The van der Waals surface area contributed by atoms with Crippen molar-refractivity contribution in [3.8, 4) is 5.75 Å². The van der Waals surface area contributed by atoms with Crippen LogP contribution in [0.2, 0.25) is 0 Å². The molecule has 0 aromatic heterocycles. The van der Waals surface area contributed by atoms with Crippen LogP contribution in [0.4, 0.5) is 46.9 Å². The van der Waals surface area contributed by atoms with Gasteiger partial charge in [-0.05, 0) is 32.8 Å². The number of rotatable bonds is 10. The van der Waals surface area contributed by atoms with Crippen molar-refractivity contribution in [2.75, 3.05) is 29.4 Å². The molecule has 2 amide bonds. The summed E-state index contributed by atoms with van der Waals surface area (Å²) in [5.74, 6) is -6.09. The second-order valence-electron chi connectivity index (χ2n) is 10.9. The summed E-state index contributed by atoms with van der Waals surface area (Å²) in [6, 6.07) is 7.82. The molecule has 2 N–H and O–H groups in total. The quantitative estimate of drug-likeness (QED) is 0.199. The SMILES string of the molecule is CC(C)(C)OC(=O)CN(C(=O)C(F)(F)F)c1c(OCc2ccccc2)cc2c(c1F)C[C@H](CNCCC(F)(F)F)N2C(=O)O. The smallest absolute Gasteiger partial charge is 0.471 e. The first kappa shape index (κ1) is 34.4. The molecule has 9 nitrogen and oxygen atoms in total. The van der Waals surface area contributed by atoms with E-state index in [0.717, 1.165) is 6.07 Å². The summed E-state index contributed by atoms with van der Waals surface area (Å²) < 4.78 is 106. The molecule has 0 radical (unpaired) electrons. The first-order valence-electron chi connectivity index (χ1n) is 13.2. The third kappa shape index (κ3) is 8.97. The Bertz CT molecular complexity index is 1360. The monoisotopic (exact) mass is 637 g/mol. The van der Waals surface area contributed by atoms with Gasteiger partial charge in [-0.3, -0.25) is 19.4 Å². The van der Waals surface area contributed by atoms with Crippen LogP contribution >= 0.6 is 0 Å². The Balaban J connectivity index is 2.12. The molecule has 1 aliphatic heterocycles. The van der Waals surface area contributed by atoms with Crippen LogP contribution in [0, 0.1) is 5.82 Å². The minimum atomic E-state index is -5.58. The number of fused-ring (bicyclic) bond motifs is 1. The Hall–Kier alpha value is -4.08. The zero-order chi connectivity index (χ0) is 33.0. The van der Waals surface area contributed by atoms with Crippen molar-refractivity contribution in [1.29, 1.82) is 0 Å². The number of alkyl halides is 6. The Morgan fingerprint density at radius 1 is 1.07 bits per heavy atom. The Kier molecular flexibility index (Phi) is 10.4. The first-order valence-corrected chi connectivity index (χ1v) is 13.2. The lowest BCUT2D eigenvalue weighted by Crippen LogP contribution is -2.46. The molecule has 1 aliphatic rings. The molecule has 2 aromatic carbocycles. The van der Waals surface area contributed by atoms with E-state index in [1.165, 1.54) is 20.8 Å². The van der Waals surface area contributed by atoms with Crippen LogP contribution in [-0.2, 0) is 27.4 Å². The highest BCUT2D eigenvalue weighted by atomic mass is 19.4. The number of halogens is 7. The van der Waals surface area contributed by atoms with Gasteiger partial charge in [0.25, 0.3) is 0 Å². The van der Waals surface area contributed by atoms with Crippen molar-refractivity contribution < 1.29 is 59.7 Å². The number of carbonyl (C=O) groups excluding carboxylic acids is 2. The third-order valence-electron chi connectivity index (χ3n) is 6.22. The van der Waals surface area contributed by atoms with E-state index in [0.29, 0.717) is 10.5 Å². The first-order chi connectivity index (χ1) is 20.3. The number of nitrogens with zero attached hydrogens (tertiary/aromatic N) is 2. The van der Waals surface area contributed by atoms with Crippen LogP contribution in [0.5, 0.6) is 5.75 Å². The van der Waals surface area contributed by atoms with Gasteiger partial charge in [-0.15, -0.1) is 0 Å². The van der Waals surface area contributed by atoms with Crippen LogP contribution in [0.1, 0.15) is 38.3 Å². The number of ether oxygens (including phenoxy) is 2. The summed E-state index contributed by atoms with van der Waals surface area (Å²) in [6.45, 7) is 1.60. The fourth-order valence-corrected chi connectivity index (χ4v) is 4.50. The van der Waals surface area contributed by atoms with E-state index >= 15 is 4.39 Å². The minimum Gasteiger partial charge on any atom is -0.487 e. The van der Waals surface area contributed by atoms with Gasteiger partial charge < -0.3 is 19.9 Å². The average Bonchev–Trinajstić information content (AvgIpc) is 3.26. The largest absolute Gasteiger partial charge is 0.487 e. The molecule has 2 aromatic rings. The Morgan fingerprint density at radius 3 is 2.25 bits per heavy atom. The van der Waals surface area contributed by atoms with Crippen LogP contribution in [0.3, 0.4) is 0 Å². The molecule has 0 saturated heterocycles. The molecule has 242 valence electrons. The van der Waals surface area contributed by atoms with Gasteiger partial charge in [-0.25, -0.2) is 9.18 Å². The molecule has 0 spiro atoms. The van der Waals surface area contributed by atoms with E-state index in [2.05, 4.69) is 5.32 Å². The fourth-order valence-electron chi connectivity index (χ4n) is 4.50. The highest BCUT2D eigenvalue weighted by Gasteiger charge is 2.47. The maximum Gasteiger partial charge on any atom is 0.471 e. The number of esters is 1. The van der Waals surface area contributed by atoms with Gasteiger partial charge in [-0.1, -0.05) is 30.3 Å². The summed E-state index contributed by atoms with van der Waals surface area (Å²) >= 11 is 0. The second-order valence-corrected chi connectivity index (χ2v) is 10.9. The molecule has 0 bridgehead atoms. The topological polar surface area (TPSA) is 108 Å². The maximum absolute atomic E-state index is 16.3. The summed E-state index contributed by atoms with van der Waals surface area (Å²) in [7, 11) is 0.